The number of hydrogen-bond donors (Lipinski definition) is 3. The standard InChI is InChI=1S/C23H30N4O3/c1-4-25-23(26-13-16-7-6-8-17(10-16)22(24)28)27-14-19-12-21-18(9-15(3)30-21)11-20(19)29-5-2/h6-8,10-12,15H,4-5,9,13-14H2,1-3H3,(H2,24,28)(H2,25,26,27). The molecule has 3 rings (SSSR count). The highest BCUT2D eigenvalue weighted by Crippen LogP contribution is 2.35. The Hall–Kier alpha value is -3.22. The second-order valence-corrected chi connectivity index (χ2v) is 7.25. The summed E-state index contributed by atoms with van der Waals surface area (Å²) in [5, 5.41) is 6.60. The van der Waals surface area contributed by atoms with Crippen LogP contribution in [0.25, 0.3) is 0 Å². The minimum atomic E-state index is -0.442. The number of carbonyl (C=O) groups is 1. The number of rotatable bonds is 8. The van der Waals surface area contributed by atoms with Gasteiger partial charge in [0, 0.05) is 36.2 Å². The summed E-state index contributed by atoms with van der Waals surface area (Å²) in [6.07, 6.45) is 1.09. The lowest BCUT2D eigenvalue weighted by Crippen LogP contribution is -2.36. The first-order chi connectivity index (χ1) is 14.5. The van der Waals surface area contributed by atoms with Crippen LogP contribution < -0.4 is 25.8 Å². The number of amides is 1. The van der Waals surface area contributed by atoms with E-state index in [2.05, 4.69) is 34.7 Å². The van der Waals surface area contributed by atoms with Gasteiger partial charge in [0.05, 0.1) is 13.2 Å². The molecule has 7 heteroatoms. The van der Waals surface area contributed by atoms with Crippen LogP contribution in [0.3, 0.4) is 0 Å². The maximum atomic E-state index is 11.4. The van der Waals surface area contributed by atoms with Gasteiger partial charge in [-0.3, -0.25) is 4.79 Å². The summed E-state index contributed by atoms with van der Waals surface area (Å²) in [5.74, 6) is 2.03. The molecule has 1 aliphatic heterocycles. The molecule has 1 heterocycles. The van der Waals surface area contributed by atoms with Gasteiger partial charge >= 0.3 is 0 Å². The molecule has 2 aromatic rings. The summed E-state index contributed by atoms with van der Waals surface area (Å²) in [7, 11) is 0. The van der Waals surface area contributed by atoms with Gasteiger partial charge in [-0.05, 0) is 50.6 Å². The number of hydrogen-bond acceptors (Lipinski definition) is 4. The number of benzene rings is 2. The molecule has 0 saturated carbocycles. The van der Waals surface area contributed by atoms with Crippen LogP contribution in [0.1, 0.15) is 47.8 Å². The van der Waals surface area contributed by atoms with Crippen LogP contribution >= 0.6 is 0 Å². The third-order valence-electron chi connectivity index (χ3n) is 4.80. The van der Waals surface area contributed by atoms with E-state index < -0.39 is 5.91 Å². The second-order valence-electron chi connectivity index (χ2n) is 7.25. The number of ether oxygens (including phenoxy) is 2. The normalized spacial score (nSPS) is 15.3. The van der Waals surface area contributed by atoms with Crippen LogP contribution in [0.15, 0.2) is 41.4 Å². The van der Waals surface area contributed by atoms with Gasteiger partial charge in [0.25, 0.3) is 0 Å². The van der Waals surface area contributed by atoms with Gasteiger partial charge in [-0.2, -0.15) is 0 Å². The Balaban J connectivity index is 1.73. The minimum Gasteiger partial charge on any atom is -0.494 e. The van der Waals surface area contributed by atoms with Crippen molar-refractivity contribution < 1.29 is 14.3 Å². The number of fused-ring (bicyclic) bond motifs is 1. The van der Waals surface area contributed by atoms with Gasteiger partial charge in [0.1, 0.15) is 17.6 Å². The lowest BCUT2D eigenvalue weighted by atomic mass is 10.1. The van der Waals surface area contributed by atoms with E-state index in [9.17, 15) is 4.79 Å². The van der Waals surface area contributed by atoms with E-state index in [0.29, 0.717) is 31.2 Å². The lowest BCUT2D eigenvalue weighted by molar-refractivity contribution is 0.1000. The van der Waals surface area contributed by atoms with E-state index in [1.807, 2.05) is 26.0 Å². The maximum absolute atomic E-state index is 11.4. The SMILES string of the molecule is CCNC(=NCc1cccc(C(N)=O)c1)NCc1cc2c(cc1OCC)CC(C)O2. The Bertz CT molecular complexity index is 927. The Kier molecular flexibility index (Phi) is 7.17. The number of aliphatic imine (C=N–C) groups is 1. The van der Waals surface area contributed by atoms with Gasteiger partial charge < -0.3 is 25.8 Å². The molecule has 0 radical (unpaired) electrons. The third-order valence-corrected chi connectivity index (χ3v) is 4.80. The van der Waals surface area contributed by atoms with Crippen molar-refractivity contribution in [2.45, 2.75) is 46.4 Å². The van der Waals surface area contributed by atoms with E-state index in [4.69, 9.17) is 15.2 Å². The molecule has 30 heavy (non-hydrogen) atoms. The summed E-state index contributed by atoms with van der Waals surface area (Å²) < 4.78 is 11.8. The van der Waals surface area contributed by atoms with Crippen LogP contribution in [-0.2, 0) is 19.5 Å². The molecule has 1 aliphatic rings. The summed E-state index contributed by atoms with van der Waals surface area (Å²) in [6, 6.07) is 11.3. The number of nitrogens with two attached hydrogens (primary N) is 1. The van der Waals surface area contributed by atoms with Crippen LogP contribution in [-0.4, -0.2) is 31.1 Å². The summed E-state index contributed by atoms with van der Waals surface area (Å²) in [4.78, 5) is 16.0. The monoisotopic (exact) mass is 410 g/mol. The molecule has 1 amide bonds. The zero-order chi connectivity index (χ0) is 21.5. The first-order valence-corrected chi connectivity index (χ1v) is 10.4. The Morgan fingerprint density at radius 1 is 1.27 bits per heavy atom. The van der Waals surface area contributed by atoms with E-state index in [1.54, 1.807) is 12.1 Å². The number of nitrogens with one attached hydrogen (secondary N) is 2. The smallest absolute Gasteiger partial charge is 0.248 e. The van der Waals surface area contributed by atoms with E-state index in [-0.39, 0.29) is 6.10 Å². The zero-order valence-corrected chi connectivity index (χ0v) is 17.8. The topological polar surface area (TPSA) is 98.0 Å². The van der Waals surface area contributed by atoms with Crippen molar-refractivity contribution in [2.75, 3.05) is 13.2 Å². The fraction of sp³-hybridized carbons (Fsp3) is 0.391. The fourth-order valence-electron chi connectivity index (χ4n) is 3.42. The molecule has 0 fully saturated rings. The molecule has 1 atom stereocenters. The summed E-state index contributed by atoms with van der Waals surface area (Å²) in [6.45, 7) is 8.38. The van der Waals surface area contributed by atoms with Gasteiger partial charge in [-0.15, -0.1) is 0 Å². The third kappa shape index (κ3) is 5.43. The van der Waals surface area contributed by atoms with E-state index >= 15 is 0 Å². The van der Waals surface area contributed by atoms with Crippen LogP contribution in [0.4, 0.5) is 0 Å². The van der Waals surface area contributed by atoms with Crippen molar-refractivity contribution in [3.8, 4) is 11.5 Å². The molecule has 0 aliphatic carbocycles. The number of primary amides is 1. The Morgan fingerprint density at radius 2 is 2.10 bits per heavy atom. The van der Waals surface area contributed by atoms with Crippen molar-refractivity contribution in [2.24, 2.45) is 10.7 Å². The molecule has 160 valence electrons. The molecule has 0 spiro atoms. The highest BCUT2D eigenvalue weighted by Gasteiger charge is 2.21. The molecular formula is C23H30N4O3. The first kappa shape index (κ1) is 21.5. The zero-order valence-electron chi connectivity index (χ0n) is 17.8. The first-order valence-electron chi connectivity index (χ1n) is 10.4. The molecular weight excluding hydrogens is 380 g/mol. The molecule has 0 aromatic heterocycles. The highest BCUT2D eigenvalue weighted by molar-refractivity contribution is 5.92. The van der Waals surface area contributed by atoms with Crippen LogP contribution in [0.2, 0.25) is 0 Å². The van der Waals surface area contributed by atoms with Gasteiger partial charge in [0.15, 0.2) is 5.96 Å². The van der Waals surface area contributed by atoms with Gasteiger partial charge in [-0.25, -0.2) is 4.99 Å². The number of guanidine groups is 1. The van der Waals surface area contributed by atoms with Crippen molar-refractivity contribution in [1.29, 1.82) is 0 Å². The summed E-state index contributed by atoms with van der Waals surface area (Å²) in [5.41, 5.74) is 8.96. The molecule has 4 N–H and O–H groups in total. The number of carbonyl (C=O) groups excluding carboxylic acids is 1. The highest BCUT2D eigenvalue weighted by atomic mass is 16.5. The molecule has 0 bridgehead atoms. The Morgan fingerprint density at radius 3 is 2.83 bits per heavy atom. The van der Waals surface area contributed by atoms with Crippen LogP contribution in [0, 0.1) is 0 Å². The largest absolute Gasteiger partial charge is 0.494 e. The summed E-state index contributed by atoms with van der Waals surface area (Å²) >= 11 is 0. The van der Waals surface area contributed by atoms with E-state index in [1.165, 1.54) is 5.56 Å². The average molecular weight is 411 g/mol. The average Bonchev–Trinajstić information content (AvgIpc) is 3.09. The van der Waals surface area contributed by atoms with Gasteiger partial charge in [-0.1, -0.05) is 12.1 Å². The quantitative estimate of drug-likeness (QED) is 0.459. The maximum Gasteiger partial charge on any atom is 0.248 e. The molecule has 2 aromatic carbocycles. The van der Waals surface area contributed by atoms with Gasteiger partial charge in [0.2, 0.25) is 5.91 Å². The molecule has 1 unspecified atom stereocenters. The van der Waals surface area contributed by atoms with Crippen LogP contribution in [0.5, 0.6) is 11.5 Å². The van der Waals surface area contributed by atoms with Crippen molar-refractivity contribution in [3.63, 3.8) is 0 Å². The van der Waals surface area contributed by atoms with Crippen molar-refractivity contribution in [3.05, 3.63) is 58.7 Å². The lowest BCUT2D eigenvalue weighted by Gasteiger charge is -2.15. The second kappa shape index (κ2) is 10.0. The van der Waals surface area contributed by atoms with Crippen molar-refractivity contribution >= 4 is 11.9 Å². The Labute approximate surface area is 177 Å². The minimum absolute atomic E-state index is 0.188. The molecule has 7 nitrogen and oxygen atoms in total. The fourth-order valence-corrected chi connectivity index (χ4v) is 3.42. The van der Waals surface area contributed by atoms with Crippen molar-refractivity contribution in [1.82, 2.24) is 10.6 Å². The van der Waals surface area contributed by atoms with E-state index in [0.717, 1.165) is 35.6 Å². The number of nitrogens with zero attached hydrogens (tertiary/aromatic N) is 1. The predicted molar refractivity (Wildman–Crippen MR) is 118 cm³/mol. The molecule has 0 saturated heterocycles. The predicted octanol–water partition coefficient (Wildman–Crippen LogP) is 2.76.